The molecule has 0 aliphatic heterocycles. The van der Waals surface area contributed by atoms with E-state index in [0.29, 0.717) is 0 Å². The largest absolute Gasteiger partial charge is 0.481 e. The van der Waals surface area contributed by atoms with Crippen molar-refractivity contribution in [2.75, 3.05) is 13.7 Å². The summed E-state index contributed by atoms with van der Waals surface area (Å²) in [5.41, 5.74) is 3.76. The summed E-state index contributed by atoms with van der Waals surface area (Å²) in [5, 5.41) is 1.07. The molecule has 4 nitrogen and oxygen atoms in total. The van der Waals surface area contributed by atoms with Crippen LogP contribution in [0.5, 0.6) is 5.75 Å². The molecule has 0 unspecified atom stereocenters. The molecule has 114 valence electrons. The Bertz CT molecular complexity index is 643. The van der Waals surface area contributed by atoms with E-state index in [9.17, 15) is 4.79 Å². The van der Waals surface area contributed by atoms with Crippen molar-refractivity contribution in [3.8, 4) is 5.75 Å². The first-order valence-electron chi connectivity index (χ1n) is 7.43. The second-order valence-corrected chi connectivity index (χ2v) is 5.13. The Morgan fingerprint density at radius 1 is 1.29 bits per heavy atom. The van der Waals surface area contributed by atoms with Crippen LogP contribution in [0.4, 0.5) is 0 Å². The van der Waals surface area contributed by atoms with Crippen LogP contribution in [0.25, 0.3) is 10.9 Å². The highest BCUT2D eigenvalue weighted by atomic mass is 16.6. The second kappa shape index (κ2) is 6.66. The van der Waals surface area contributed by atoms with Crippen molar-refractivity contribution in [1.82, 2.24) is 4.57 Å². The lowest BCUT2D eigenvalue weighted by atomic mass is 10.1. The second-order valence-electron chi connectivity index (χ2n) is 5.13. The quantitative estimate of drug-likeness (QED) is 0.764. The molecule has 4 heteroatoms. The van der Waals surface area contributed by atoms with Gasteiger partial charge >= 0.3 is 5.97 Å². The molecule has 1 aromatic heterocycles. The van der Waals surface area contributed by atoms with Crippen LogP contribution in [-0.4, -0.2) is 24.3 Å². The summed E-state index contributed by atoms with van der Waals surface area (Å²) in [6, 6.07) is 6.18. The Hall–Kier alpha value is -1.97. The van der Waals surface area contributed by atoms with Crippen LogP contribution in [0, 0.1) is 6.92 Å². The minimum absolute atomic E-state index is 0.0604. The van der Waals surface area contributed by atoms with Crippen LogP contribution in [0.2, 0.25) is 0 Å². The molecule has 1 aromatic carbocycles. The molecule has 21 heavy (non-hydrogen) atoms. The number of fused-ring (bicyclic) bond motifs is 1. The van der Waals surface area contributed by atoms with Crippen molar-refractivity contribution < 1.29 is 14.3 Å². The molecule has 0 bridgehead atoms. The van der Waals surface area contributed by atoms with Crippen LogP contribution in [0.15, 0.2) is 18.2 Å². The summed E-state index contributed by atoms with van der Waals surface area (Å²) in [7, 11) is 1.36. The summed E-state index contributed by atoms with van der Waals surface area (Å²) in [5.74, 6) is 0.373. The van der Waals surface area contributed by atoms with Gasteiger partial charge in [-0.3, -0.25) is 0 Å². The van der Waals surface area contributed by atoms with Gasteiger partial charge in [0.1, 0.15) is 5.75 Å². The molecule has 0 saturated heterocycles. The first kappa shape index (κ1) is 15.4. The smallest absolute Gasteiger partial charge is 0.343 e. The molecule has 0 radical (unpaired) electrons. The molecule has 0 aliphatic rings. The number of ether oxygens (including phenoxy) is 2. The number of esters is 1. The number of methoxy groups -OCH3 is 1. The Morgan fingerprint density at radius 2 is 2.05 bits per heavy atom. The van der Waals surface area contributed by atoms with Gasteiger partial charge in [-0.1, -0.05) is 19.4 Å². The van der Waals surface area contributed by atoms with E-state index in [0.717, 1.165) is 30.5 Å². The molecule has 0 atom stereocenters. The van der Waals surface area contributed by atoms with Crippen molar-refractivity contribution >= 4 is 16.9 Å². The van der Waals surface area contributed by atoms with E-state index in [2.05, 4.69) is 42.2 Å². The van der Waals surface area contributed by atoms with E-state index < -0.39 is 0 Å². The maximum absolute atomic E-state index is 11.3. The third-order valence-electron chi connectivity index (χ3n) is 3.72. The van der Waals surface area contributed by atoms with E-state index in [-0.39, 0.29) is 12.6 Å². The molecule has 2 rings (SSSR count). The number of hydrogen-bond acceptors (Lipinski definition) is 3. The van der Waals surface area contributed by atoms with Crippen LogP contribution >= 0.6 is 0 Å². The first-order chi connectivity index (χ1) is 10.1. The molecule has 0 saturated carbocycles. The number of rotatable bonds is 6. The van der Waals surface area contributed by atoms with Crippen molar-refractivity contribution in [2.24, 2.45) is 0 Å². The van der Waals surface area contributed by atoms with E-state index in [1.165, 1.54) is 23.9 Å². The van der Waals surface area contributed by atoms with Crippen LogP contribution < -0.4 is 4.74 Å². The van der Waals surface area contributed by atoms with Crippen molar-refractivity contribution in [2.45, 2.75) is 40.2 Å². The fourth-order valence-corrected chi connectivity index (χ4v) is 2.76. The summed E-state index contributed by atoms with van der Waals surface area (Å²) < 4.78 is 12.6. The number of carbonyl (C=O) groups is 1. The zero-order chi connectivity index (χ0) is 15.4. The van der Waals surface area contributed by atoms with Crippen molar-refractivity contribution in [3.05, 3.63) is 29.5 Å². The number of aryl methyl sites for hydroxylation is 3. The van der Waals surface area contributed by atoms with E-state index >= 15 is 0 Å². The minimum atomic E-state index is -0.368. The zero-order valence-corrected chi connectivity index (χ0v) is 13.2. The lowest BCUT2D eigenvalue weighted by Gasteiger charge is -2.12. The molecule has 1 heterocycles. The summed E-state index contributed by atoms with van der Waals surface area (Å²) in [4.78, 5) is 11.3. The van der Waals surface area contributed by atoms with Gasteiger partial charge in [-0.25, -0.2) is 4.79 Å². The first-order valence-corrected chi connectivity index (χ1v) is 7.43. The fraction of sp³-hybridized carbons (Fsp3) is 0.471. The highest BCUT2D eigenvalue weighted by Gasteiger charge is 2.14. The van der Waals surface area contributed by atoms with Gasteiger partial charge in [0.2, 0.25) is 0 Å². The topological polar surface area (TPSA) is 40.5 Å². The van der Waals surface area contributed by atoms with Crippen molar-refractivity contribution in [1.29, 1.82) is 0 Å². The van der Waals surface area contributed by atoms with Gasteiger partial charge in [0.15, 0.2) is 6.61 Å². The van der Waals surface area contributed by atoms with Gasteiger partial charge in [-0.15, -0.1) is 0 Å². The highest BCUT2D eigenvalue weighted by Crippen LogP contribution is 2.32. The third-order valence-corrected chi connectivity index (χ3v) is 3.72. The van der Waals surface area contributed by atoms with Gasteiger partial charge in [0.05, 0.1) is 12.6 Å². The molecule has 0 N–H and O–H groups in total. The molecule has 2 aromatic rings. The predicted octanol–water partition coefficient (Wildman–Crippen LogP) is 3.47. The van der Waals surface area contributed by atoms with Gasteiger partial charge < -0.3 is 14.0 Å². The number of carbonyl (C=O) groups excluding carboxylic acids is 1. The average Bonchev–Trinajstić information content (AvgIpc) is 2.82. The minimum Gasteiger partial charge on any atom is -0.481 e. The summed E-state index contributed by atoms with van der Waals surface area (Å²) >= 11 is 0. The molecule has 0 fully saturated rings. The van der Waals surface area contributed by atoms with Crippen molar-refractivity contribution in [3.63, 3.8) is 0 Å². The lowest BCUT2D eigenvalue weighted by molar-refractivity contribution is -0.142. The number of aromatic nitrogens is 1. The molecular formula is C17H23NO3. The number of benzene rings is 1. The van der Waals surface area contributed by atoms with Gasteiger partial charge in [-0.05, 0) is 38.0 Å². The predicted molar refractivity (Wildman–Crippen MR) is 83.9 cm³/mol. The Balaban J connectivity index is 2.49. The molecule has 0 spiro atoms. The monoisotopic (exact) mass is 289 g/mol. The average molecular weight is 289 g/mol. The lowest BCUT2D eigenvalue weighted by Crippen LogP contribution is -2.12. The van der Waals surface area contributed by atoms with Crippen LogP contribution in [0.1, 0.15) is 31.5 Å². The van der Waals surface area contributed by atoms with Gasteiger partial charge in [0, 0.05) is 17.6 Å². The zero-order valence-electron chi connectivity index (χ0n) is 13.2. The Labute approximate surface area is 125 Å². The highest BCUT2D eigenvalue weighted by molar-refractivity contribution is 5.90. The molecular weight excluding hydrogens is 266 g/mol. The fourth-order valence-electron chi connectivity index (χ4n) is 2.76. The van der Waals surface area contributed by atoms with E-state index in [1.54, 1.807) is 0 Å². The third kappa shape index (κ3) is 3.04. The molecule has 0 aliphatic carbocycles. The Kier molecular flexibility index (Phi) is 4.89. The van der Waals surface area contributed by atoms with E-state index in [4.69, 9.17) is 4.74 Å². The maximum atomic E-state index is 11.3. The van der Waals surface area contributed by atoms with Crippen LogP contribution in [0.3, 0.4) is 0 Å². The molecule has 0 amide bonds. The van der Waals surface area contributed by atoms with Crippen LogP contribution in [-0.2, 0) is 22.5 Å². The number of nitrogens with zero attached hydrogens (tertiary/aromatic N) is 1. The SMILES string of the molecule is CCCc1ccc(OCC(=O)OC)c2cc(C)n(CC)c12. The number of hydrogen-bond donors (Lipinski definition) is 0. The normalized spacial score (nSPS) is 10.9. The Morgan fingerprint density at radius 3 is 2.67 bits per heavy atom. The summed E-state index contributed by atoms with van der Waals surface area (Å²) in [6.45, 7) is 7.29. The maximum Gasteiger partial charge on any atom is 0.343 e. The summed E-state index contributed by atoms with van der Waals surface area (Å²) in [6.07, 6.45) is 2.14. The van der Waals surface area contributed by atoms with E-state index in [1.807, 2.05) is 6.07 Å². The van der Waals surface area contributed by atoms with Gasteiger partial charge in [0.25, 0.3) is 0 Å². The standard InChI is InChI=1S/C17H23NO3/c1-5-7-13-8-9-15(21-11-16(19)20-4)14-10-12(3)18(6-2)17(13)14/h8-10H,5-7,11H2,1-4H3. The van der Waals surface area contributed by atoms with Gasteiger partial charge in [-0.2, -0.15) is 0 Å².